The first-order valence-electron chi connectivity index (χ1n) is 38.2. The second kappa shape index (κ2) is 63.5. The van der Waals surface area contributed by atoms with Gasteiger partial charge in [0.05, 0.1) is 26.4 Å². The number of hydrogen-bond donors (Lipinski definition) is 3. The molecule has 17 nitrogen and oxygen atoms in total. The van der Waals surface area contributed by atoms with Crippen LogP contribution in [0.5, 0.6) is 0 Å². The molecule has 0 aromatic carbocycles. The van der Waals surface area contributed by atoms with Crippen molar-refractivity contribution in [2.75, 3.05) is 39.6 Å². The Kier molecular flexibility index (Phi) is 62.2. The number of aliphatic hydroxyl groups is 1. The summed E-state index contributed by atoms with van der Waals surface area (Å²) in [4.78, 5) is 72.7. The standard InChI is InChI=1S/C74H144O17P2/c1-9-67(8)53-45-37-32-33-39-47-55-72(77)85-61-70(91-74(79)57-49-41-31-25-24-28-36-44-52-66(6)7)63-89-93(82,83)87-59-68(75)58-86-92(80,81)88-62-69(60-84-71(76)54-46-38-29-22-19-15-17-21-27-35-43-51-65(4)5)90-73(78)56-48-40-30-23-18-14-12-10-11-13-16-20-26-34-42-50-64(2)3/h64-70,75H,9-63H2,1-8H3,(H,80,81)(H,82,83)/t67?,68-,69-,70-/m1/s1. The summed E-state index contributed by atoms with van der Waals surface area (Å²) in [5.41, 5.74) is 0. The van der Waals surface area contributed by atoms with Crippen molar-refractivity contribution in [2.24, 2.45) is 23.7 Å². The molecule has 0 saturated heterocycles. The molecular weight excluding hydrogens is 1220 g/mol. The molecule has 0 aromatic rings. The van der Waals surface area contributed by atoms with E-state index in [2.05, 4.69) is 55.4 Å². The van der Waals surface area contributed by atoms with Crippen LogP contribution >= 0.6 is 15.6 Å². The highest BCUT2D eigenvalue weighted by Gasteiger charge is 2.30. The lowest BCUT2D eigenvalue weighted by molar-refractivity contribution is -0.161. The minimum absolute atomic E-state index is 0.103. The van der Waals surface area contributed by atoms with Crippen LogP contribution in [-0.4, -0.2) is 96.7 Å². The molecule has 0 heterocycles. The predicted octanol–water partition coefficient (Wildman–Crippen LogP) is 21.3. The second-order valence-electron chi connectivity index (χ2n) is 28.4. The van der Waals surface area contributed by atoms with E-state index >= 15 is 0 Å². The number of esters is 4. The zero-order chi connectivity index (χ0) is 68.9. The molecule has 3 unspecified atom stereocenters. The fourth-order valence-corrected chi connectivity index (χ4v) is 12.7. The van der Waals surface area contributed by atoms with E-state index in [0.29, 0.717) is 25.7 Å². The molecule has 0 amide bonds. The van der Waals surface area contributed by atoms with Crippen molar-refractivity contribution in [3.05, 3.63) is 0 Å². The molecule has 0 spiro atoms. The maximum Gasteiger partial charge on any atom is 0.472 e. The number of carbonyl (C=O) groups excluding carboxylic acids is 4. The van der Waals surface area contributed by atoms with Crippen molar-refractivity contribution < 1.29 is 80.2 Å². The monoisotopic (exact) mass is 1370 g/mol. The van der Waals surface area contributed by atoms with Gasteiger partial charge in [-0.05, 0) is 49.4 Å². The fraction of sp³-hybridized carbons (Fsp3) is 0.946. The van der Waals surface area contributed by atoms with E-state index in [0.717, 1.165) is 120 Å². The quantitative estimate of drug-likeness (QED) is 0.0222. The SMILES string of the molecule is CCC(C)CCCCCCCCC(=O)OC[C@H](COP(=O)(O)OC[C@H](O)COP(=O)(O)OC[C@@H](COC(=O)CCCCCCCCCCCCCC(C)C)OC(=O)CCCCCCCCCCCCCCCCCC(C)C)OC(=O)CCCCCCCCCCC(C)C. The zero-order valence-electron chi connectivity index (χ0n) is 60.9. The van der Waals surface area contributed by atoms with Crippen LogP contribution < -0.4 is 0 Å². The summed E-state index contributed by atoms with van der Waals surface area (Å²) < 4.78 is 68.4. The molecule has 0 aliphatic rings. The van der Waals surface area contributed by atoms with E-state index in [-0.39, 0.29) is 25.7 Å². The highest BCUT2D eigenvalue weighted by Crippen LogP contribution is 2.45. The van der Waals surface area contributed by atoms with Crippen LogP contribution in [0.25, 0.3) is 0 Å². The van der Waals surface area contributed by atoms with Crippen LogP contribution in [-0.2, 0) is 65.4 Å². The molecule has 0 radical (unpaired) electrons. The first-order valence-corrected chi connectivity index (χ1v) is 41.2. The van der Waals surface area contributed by atoms with Gasteiger partial charge in [-0.2, -0.15) is 0 Å². The molecular formula is C74H144O17P2. The Morgan fingerprint density at radius 2 is 0.516 bits per heavy atom. The zero-order valence-corrected chi connectivity index (χ0v) is 62.7. The molecule has 0 aliphatic heterocycles. The van der Waals surface area contributed by atoms with Gasteiger partial charge in [0.15, 0.2) is 12.2 Å². The Balaban J connectivity index is 5.24. The Morgan fingerprint density at radius 1 is 0.301 bits per heavy atom. The van der Waals surface area contributed by atoms with Gasteiger partial charge in [0.25, 0.3) is 0 Å². The van der Waals surface area contributed by atoms with Crippen molar-refractivity contribution in [1.82, 2.24) is 0 Å². The van der Waals surface area contributed by atoms with E-state index < -0.39 is 97.5 Å². The number of ether oxygens (including phenoxy) is 4. The van der Waals surface area contributed by atoms with Gasteiger partial charge in [0, 0.05) is 25.7 Å². The Bertz CT molecular complexity index is 1840. The van der Waals surface area contributed by atoms with Gasteiger partial charge in [-0.3, -0.25) is 37.3 Å². The summed E-state index contributed by atoms with van der Waals surface area (Å²) >= 11 is 0. The van der Waals surface area contributed by atoms with Crippen molar-refractivity contribution in [2.45, 2.75) is 388 Å². The van der Waals surface area contributed by atoms with Crippen molar-refractivity contribution in [1.29, 1.82) is 0 Å². The lowest BCUT2D eigenvalue weighted by atomic mass is 10.00. The van der Waals surface area contributed by atoms with Crippen LogP contribution in [0.4, 0.5) is 0 Å². The van der Waals surface area contributed by atoms with Crippen LogP contribution in [0.1, 0.15) is 370 Å². The molecule has 93 heavy (non-hydrogen) atoms. The van der Waals surface area contributed by atoms with Crippen LogP contribution in [0, 0.1) is 23.7 Å². The van der Waals surface area contributed by atoms with Gasteiger partial charge in [-0.15, -0.1) is 0 Å². The van der Waals surface area contributed by atoms with Gasteiger partial charge in [0.1, 0.15) is 19.3 Å². The molecule has 0 saturated carbocycles. The van der Waals surface area contributed by atoms with E-state index in [1.165, 1.54) is 167 Å². The summed E-state index contributed by atoms with van der Waals surface area (Å²) in [6.45, 7) is 14.1. The maximum absolute atomic E-state index is 13.1. The van der Waals surface area contributed by atoms with Crippen molar-refractivity contribution in [3.8, 4) is 0 Å². The third kappa shape index (κ3) is 67.0. The molecule has 0 aromatic heterocycles. The summed E-state index contributed by atoms with van der Waals surface area (Å²) in [6.07, 6.45) is 47.3. The number of unbranched alkanes of at least 4 members (excludes halogenated alkanes) is 36. The Labute approximate surface area is 568 Å². The fourth-order valence-electron chi connectivity index (χ4n) is 11.2. The third-order valence-electron chi connectivity index (χ3n) is 17.4. The van der Waals surface area contributed by atoms with E-state index in [4.69, 9.17) is 37.0 Å². The molecule has 0 fully saturated rings. The van der Waals surface area contributed by atoms with Crippen LogP contribution in [0.15, 0.2) is 0 Å². The van der Waals surface area contributed by atoms with E-state index in [1.54, 1.807) is 0 Å². The number of rotatable bonds is 71. The first-order chi connectivity index (χ1) is 44.6. The number of phosphoric ester groups is 2. The number of hydrogen-bond acceptors (Lipinski definition) is 15. The normalized spacial score (nSPS) is 14.5. The molecule has 3 N–H and O–H groups in total. The van der Waals surface area contributed by atoms with Crippen molar-refractivity contribution in [3.63, 3.8) is 0 Å². The summed E-state index contributed by atoms with van der Waals surface area (Å²) in [5, 5.41) is 10.6. The van der Waals surface area contributed by atoms with Crippen LogP contribution in [0.2, 0.25) is 0 Å². The second-order valence-corrected chi connectivity index (χ2v) is 31.3. The Morgan fingerprint density at radius 3 is 0.763 bits per heavy atom. The Hall–Kier alpha value is -1.94. The minimum Gasteiger partial charge on any atom is -0.462 e. The largest absolute Gasteiger partial charge is 0.472 e. The average Bonchev–Trinajstić information content (AvgIpc) is 1.90. The van der Waals surface area contributed by atoms with Crippen molar-refractivity contribution >= 4 is 39.5 Å². The molecule has 552 valence electrons. The van der Waals surface area contributed by atoms with Gasteiger partial charge in [-0.1, -0.05) is 319 Å². The van der Waals surface area contributed by atoms with Gasteiger partial charge < -0.3 is 33.8 Å². The number of carbonyl (C=O) groups is 4. The molecule has 6 atom stereocenters. The molecule has 19 heteroatoms. The van der Waals surface area contributed by atoms with Gasteiger partial charge in [0.2, 0.25) is 0 Å². The lowest BCUT2D eigenvalue weighted by Gasteiger charge is -2.21. The molecule has 0 aliphatic carbocycles. The van der Waals surface area contributed by atoms with Crippen LogP contribution in [0.3, 0.4) is 0 Å². The first kappa shape index (κ1) is 91.1. The summed E-state index contributed by atoms with van der Waals surface area (Å²) in [7, 11) is -9.91. The predicted molar refractivity (Wildman–Crippen MR) is 377 cm³/mol. The van der Waals surface area contributed by atoms with Gasteiger partial charge >= 0.3 is 39.5 Å². The van der Waals surface area contributed by atoms with Gasteiger partial charge in [-0.25, -0.2) is 9.13 Å². The highest BCUT2D eigenvalue weighted by atomic mass is 31.2. The minimum atomic E-state index is -4.96. The number of phosphoric acid groups is 2. The highest BCUT2D eigenvalue weighted by molar-refractivity contribution is 7.47. The maximum atomic E-state index is 13.1. The third-order valence-corrected chi connectivity index (χ3v) is 19.3. The molecule has 0 bridgehead atoms. The number of aliphatic hydroxyl groups excluding tert-OH is 1. The average molecular weight is 1370 g/mol. The smallest absolute Gasteiger partial charge is 0.462 e. The molecule has 0 rings (SSSR count). The topological polar surface area (TPSA) is 237 Å². The lowest BCUT2D eigenvalue weighted by Crippen LogP contribution is -2.30. The summed E-state index contributed by atoms with van der Waals surface area (Å²) in [5.74, 6) is 0.897. The van der Waals surface area contributed by atoms with E-state index in [9.17, 15) is 43.2 Å². The summed E-state index contributed by atoms with van der Waals surface area (Å²) in [6, 6.07) is 0. The van der Waals surface area contributed by atoms with E-state index in [1.807, 2.05) is 0 Å².